The third kappa shape index (κ3) is 1.03. The van der Waals surface area contributed by atoms with Crippen LogP contribution in [0.4, 0.5) is 0 Å². The van der Waals surface area contributed by atoms with Gasteiger partial charge in [0, 0.05) is 12.5 Å². The first-order valence-corrected chi connectivity index (χ1v) is 2.71. The summed E-state index contributed by atoms with van der Waals surface area (Å²) in [6.07, 6.45) is 6.52. The van der Waals surface area contributed by atoms with Gasteiger partial charge in [-0.05, 0) is 12.8 Å². The highest BCUT2D eigenvalue weighted by molar-refractivity contribution is 4.95. The van der Waals surface area contributed by atoms with E-state index in [1.807, 2.05) is 0 Å². The molecule has 0 bridgehead atoms. The second-order valence-electron chi connectivity index (χ2n) is 1.95. The van der Waals surface area contributed by atoms with E-state index in [1.165, 1.54) is 0 Å². The number of rotatable bonds is 1. The molecule has 1 atom stereocenters. The molecular formula is C6H10O. The topological polar surface area (TPSA) is 20.2 Å². The van der Waals surface area contributed by atoms with Crippen LogP contribution < -0.4 is 0 Å². The van der Waals surface area contributed by atoms with Gasteiger partial charge in [0.15, 0.2) is 0 Å². The zero-order valence-corrected chi connectivity index (χ0v) is 4.30. The fourth-order valence-electron chi connectivity index (χ4n) is 0.847. The van der Waals surface area contributed by atoms with Gasteiger partial charge in [0.25, 0.3) is 0 Å². The predicted molar refractivity (Wildman–Crippen MR) is 28.9 cm³/mol. The molecule has 1 aliphatic carbocycles. The van der Waals surface area contributed by atoms with E-state index in [-0.39, 0.29) is 0 Å². The minimum absolute atomic E-state index is 0.330. The molecule has 0 heterocycles. The molecule has 1 nitrogen and oxygen atoms in total. The Kier molecular flexibility index (Phi) is 1.47. The van der Waals surface area contributed by atoms with Crippen molar-refractivity contribution in [1.82, 2.24) is 0 Å². The largest absolute Gasteiger partial charge is 0.396 e. The molecule has 0 aliphatic heterocycles. The summed E-state index contributed by atoms with van der Waals surface area (Å²) in [6, 6.07) is 0. The van der Waals surface area contributed by atoms with Crippen molar-refractivity contribution in [3.05, 3.63) is 12.2 Å². The highest BCUT2D eigenvalue weighted by Crippen LogP contribution is 2.14. The van der Waals surface area contributed by atoms with Gasteiger partial charge in [-0.25, -0.2) is 0 Å². The van der Waals surface area contributed by atoms with Gasteiger partial charge in [-0.15, -0.1) is 0 Å². The maximum absolute atomic E-state index is 8.51. The van der Waals surface area contributed by atoms with Crippen LogP contribution in [0.15, 0.2) is 12.2 Å². The van der Waals surface area contributed by atoms with Crippen LogP contribution in [-0.2, 0) is 0 Å². The Morgan fingerprint density at radius 1 is 1.71 bits per heavy atom. The Morgan fingerprint density at radius 2 is 2.57 bits per heavy atom. The molecular weight excluding hydrogens is 88.1 g/mol. The van der Waals surface area contributed by atoms with Gasteiger partial charge in [0.05, 0.1) is 0 Å². The molecule has 0 aromatic rings. The lowest BCUT2D eigenvalue weighted by Crippen LogP contribution is -1.96. The molecule has 1 unspecified atom stereocenters. The Labute approximate surface area is 43.7 Å². The third-order valence-electron chi connectivity index (χ3n) is 1.35. The van der Waals surface area contributed by atoms with E-state index in [0.29, 0.717) is 12.5 Å². The molecule has 1 rings (SSSR count). The quantitative estimate of drug-likeness (QED) is 0.484. The molecule has 0 aromatic carbocycles. The van der Waals surface area contributed by atoms with Gasteiger partial charge in [-0.1, -0.05) is 12.2 Å². The van der Waals surface area contributed by atoms with Crippen LogP contribution in [0.2, 0.25) is 0 Å². The number of hydrogen-bond acceptors (Lipinski definition) is 1. The van der Waals surface area contributed by atoms with Crippen LogP contribution in [0.5, 0.6) is 0 Å². The monoisotopic (exact) mass is 98.1 g/mol. The average Bonchev–Trinajstić information content (AvgIpc) is 2.14. The van der Waals surface area contributed by atoms with Crippen molar-refractivity contribution in [2.24, 2.45) is 5.92 Å². The SMILES string of the molecule is OCC1C=CCC1. The molecule has 1 heteroatoms. The van der Waals surface area contributed by atoms with Crippen LogP contribution >= 0.6 is 0 Å². The Morgan fingerprint density at radius 3 is 2.86 bits per heavy atom. The van der Waals surface area contributed by atoms with Crippen molar-refractivity contribution in [2.75, 3.05) is 6.61 Å². The first-order chi connectivity index (χ1) is 3.43. The fraction of sp³-hybridized carbons (Fsp3) is 0.667. The van der Waals surface area contributed by atoms with E-state index in [2.05, 4.69) is 12.2 Å². The molecule has 0 radical (unpaired) electrons. The predicted octanol–water partition coefficient (Wildman–Crippen LogP) is 0.945. The van der Waals surface area contributed by atoms with Crippen molar-refractivity contribution < 1.29 is 5.11 Å². The van der Waals surface area contributed by atoms with Gasteiger partial charge in [0.2, 0.25) is 0 Å². The normalized spacial score (nSPS) is 29.0. The highest BCUT2D eigenvalue weighted by Gasteiger charge is 2.05. The molecule has 0 spiro atoms. The fourth-order valence-corrected chi connectivity index (χ4v) is 0.847. The zero-order valence-electron chi connectivity index (χ0n) is 4.30. The summed E-state index contributed by atoms with van der Waals surface area (Å²) in [7, 11) is 0. The first-order valence-electron chi connectivity index (χ1n) is 2.71. The van der Waals surface area contributed by atoms with E-state index in [9.17, 15) is 0 Å². The Balaban J connectivity index is 2.28. The Bertz CT molecular complexity index is 76.2. The standard InChI is InChI=1S/C6H10O/c7-5-6-3-1-2-4-6/h1,3,6-7H,2,4-5H2. The Hall–Kier alpha value is -0.300. The molecule has 40 valence electrons. The van der Waals surface area contributed by atoms with Gasteiger partial charge >= 0.3 is 0 Å². The molecule has 0 saturated heterocycles. The van der Waals surface area contributed by atoms with Crippen LogP contribution in [0, 0.1) is 5.92 Å². The number of allylic oxidation sites excluding steroid dienone is 1. The van der Waals surface area contributed by atoms with Crippen LogP contribution in [0.25, 0.3) is 0 Å². The van der Waals surface area contributed by atoms with Gasteiger partial charge < -0.3 is 5.11 Å². The summed E-state index contributed by atoms with van der Waals surface area (Å²) in [4.78, 5) is 0. The summed E-state index contributed by atoms with van der Waals surface area (Å²) >= 11 is 0. The number of aliphatic hydroxyl groups excluding tert-OH is 1. The minimum Gasteiger partial charge on any atom is -0.396 e. The van der Waals surface area contributed by atoms with Crippen molar-refractivity contribution in [3.63, 3.8) is 0 Å². The molecule has 1 aliphatic rings. The molecule has 0 aromatic heterocycles. The van der Waals surface area contributed by atoms with Gasteiger partial charge in [0.1, 0.15) is 0 Å². The van der Waals surface area contributed by atoms with E-state index in [0.717, 1.165) is 12.8 Å². The van der Waals surface area contributed by atoms with Crippen molar-refractivity contribution in [2.45, 2.75) is 12.8 Å². The molecule has 0 saturated carbocycles. The highest BCUT2D eigenvalue weighted by atomic mass is 16.3. The molecule has 0 amide bonds. The summed E-state index contributed by atoms with van der Waals surface area (Å²) in [5.41, 5.74) is 0. The van der Waals surface area contributed by atoms with Crippen molar-refractivity contribution in [3.8, 4) is 0 Å². The molecule has 1 N–H and O–H groups in total. The lowest BCUT2D eigenvalue weighted by Gasteiger charge is -1.97. The second kappa shape index (κ2) is 2.12. The van der Waals surface area contributed by atoms with E-state index in [1.54, 1.807) is 0 Å². The summed E-state index contributed by atoms with van der Waals surface area (Å²) in [5.74, 6) is 0.472. The van der Waals surface area contributed by atoms with E-state index >= 15 is 0 Å². The van der Waals surface area contributed by atoms with Crippen molar-refractivity contribution >= 4 is 0 Å². The smallest absolute Gasteiger partial charge is 0.0493 e. The van der Waals surface area contributed by atoms with Crippen LogP contribution in [-0.4, -0.2) is 11.7 Å². The maximum atomic E-state index is 8.51. The number of hydrogen-bond donors (Lipinski definition) is 1. The second-order valence-corrected chi connectivity index (χ2v) is 1.95. The van der Waals surface area contributed by atoms with Gasteiger partial charge in [-0.3, -0.25) is 0 Å². The summed E-state index contributed by atoms with van der Waals surface area (Å²) in [6.45, 7) is 0.330. The number of aliphatic hydroxyl groups is 1. The average molecular weight is 98.1 g/mol. The van der Waals surface area contributed by atoms with E-state index in [4.69, 9.17) is 5.11 Å². The van der Waals surface area contributed by atoms with Crippen molar-refractivity contribution in [1.29, 1.82) is 0 Å². The van der Waals surface area contributed by atoms with E-state index < -0.39 is 0 Å². The van der Waals surface area contributed by atoms with Crippen LogP contribution in [0.1, 0.15) is 12.8 Å². The lowest BCUT2D eigenvalue weighted by atomic mass is 10.1. The molecule has 7 heavy (non-hydrogen) atoms. The molecule has 0 fully saturated rings. The van der Waals surface area contributed by atoms with Gasteiger partial charge in [-0.2, -0.15) is 0 Å². The summed E-state index contributed by atoms with van der Waals surface area (Å²) < 4.78 is 0. The minimum atomic E-state index is 0.330. The first kappa shape index (κ1) is 4.85. The lowest BCUT2D eigenvalue weighted by molar-refractivity contribution is 0.251. The van der Waals surface area contributed by atoms with Crippen LogP contribution in [0.3, 0.4) is 0 Å². The third-order valence-corrected chi connectivity index (χ3v) is 1.35. The zero-order chi connectivity index (χ0) is 5.11. The summed E-state index contributed by atoms with van der Waals surface area (Å²) in [5, 5.41) is 8.51. The maximum Gasteiger partial charge on any atom is 0.0493 e.